The van der Waals surface area contributed by atoms with Gasteiger partial charge in [0.1, 0.15) is 18.0 Å². The molecule has 0 aromatic heterocycles. The third-order valence-corrected chi connectivity index (χ3v) is 6.78. The second-order valence-electron chi connectivity index (χ2n) is 9.20. The molecule has 3 aliphatic rings. The minimum absolute atomic E-state index is 0.0191. The van der Waals surface area contributed by atoms with Gasteiger partial charge in [-0.15, -0.1) is 0 Å². The molecule has 3 N–H and O–H groups in total. The maximum atomic E-state index is 12.5. The molecule has 3 aliphatic heterocycles. The smallest absolute Gasteiger partial charge is 0.236 e. The van der Waals surface area contributed by atoms with E-state index in [1.54, 1.807) is 6.07 Å². The maximum absolute atomic E-state index is 12.5. The van der Waals surface area contributed by atoms with E-state index >= 15 is 0 Å². The molecule has 1 aromatic carbocycles. The van der Waals surface area contributed by atoms with E-state index in [1.807, 2.05) is 18.2 Å². The number of rotatable bonds is 9. The number of nitrogens with zero attached hydrogens (tertiary/aromatic N) is 3. The van der Waals surface area contributed by atoms with Crippen LogP contribution in [0.4, 0.5) is 0 Å². The summed E-state index contributed by atoms with van der Waals surface area (Å²) < 4.78 is 11.4. The van der Waals surface area contributed by atoms with E-state index in [9.17, 15) is 10.1 Å². The summed E-state index contributed by atoms with van der Waals surface area (Å²) in [4.78, 5) is 17.3. The number of para-hydroxylation sites is 1. The molecule has 8 nitrogen and oxygen atoms in total. The first-order valence-electron chi connectivity index (χ1n) is 11.9. The average Bonchev–Trinajstić information content (AvgIpc) is 3.02. The van der Waals surface area contributed by atoms with Gasteiger partial charge in [-0.3, -0.25) is 14.6 Å². The molecule has 0 saturated carbocycles. The van der Waals surface area contributed by atoms with Crippen LogP contribution in [-0.4, -0.2) is 79.5 Å². The van der Waals surface area contributed by atoms with Crippen LogP contribution >= 0.6 is 0 Å². The highest BCUT2D eigenvalue weighted by Crippen LogP contribution is 2.30. The van der Waals surface area contributed by atoms with Gasteiger partial charge >= 0.3 is 0 Å². The Bertz CT molecular complexity index is 793. The van der Waals surface area contributed by atoms with Crippen LogP contribution in [0, 0.1) is 11.3 Å². The lowest BCUT2D eigenvalue weighted by molar-refractivity contribution is -0.128. The van der Waals surface area contributed by atoms with Gasteiger partial charge in [0.05, 0.1) is 18.7 Å². The lowest BCUT2D eigenvalue weighted by Gasteiger charge is -2.42. The second kappa shape index (κ2) is 11.1. The largest absolute Gasteiger partial charge is 0.492 e. The lowest BCUT2D eigenvalue weighted by Crippen LogP contribution is -2.58. The predicted octanol–water partition coefficient (Wildman–Crippen LogP) is 1.45. The van der Waals surface area contributed by atoms with Crippen LogP contribution in [0.2, 0.25) is 0 Å². The van der Waals surface area contributed by atoms with Crippen molar-refractivity contribution in [1.29, 1.82) is 5.26 Å². The Hall–Kier alpha value is -2.18. The number of fused-ring (bicyclic) bond motifs is 2. The molecule has 0 spiro atoms. The number of nitrogens with two attached hydrogens (primary N) is 1. The van der Waals surface area contributed by atoms with Crippen molar-refractivity contribution in [3.05, 3.63) is 29.8 Å². The highest BCUT2D eigenvalue weighted by molar-refractivity contribution is 5.78. The van der Waals surface area contributed by atoms with E-state index in [-0.39, 0.29) is 18.2 Å². The van der Waals surface area contributed by atoms with Crippen LogP contribution in [0.3, 0.4) is 0 Å². The van der Waals surface area contributed by atoms with Crippen molar-refractivity contribution in [3.63, 3.8) is 0 Å². The van der Waals surface area contributed by atoms with Crippen LogP contribution in [-0.2, 0) is 9.53 Å². The molecule has 4 rings (SSSR count). The molecule has 174 valence electrons. The number of piperazine rings is 1. The van der Waals surface area contributed by atoms with Crippen molar-refractivity contribution in [2.24, 2.45) is 5.73 Å². The summed E-state index contributed by atoms with van der Waals surface area (Å²) in [6.45, 7) is 4.35. The molecule has 32 heavy (non-hydrogen) atoms. The van der Waals surface area contributed by atoms with Crippen molar-refractivity contribution in [2.75, 3.05) is 39.4 Å². The number of likely N-dealkylation sites (tertiary alicyclic amines) is 1. The van der Waals surface area contributed by atoms with Crippen molar-refractivity contribution < 1.29 is 14.3 Å². The Morgan fingerprint density at radius 3 is 2.75 bits per heavy atom. The van der Waals surface area contributed by atoms with Crippen LogP contribution in [0.5, 0.6) is 5.75 Å². The van der Waals surface area contributed by atoms with Gasteiger partial charge in [-0.05, 0) is 50.7 Å². The monoisotopic (exact) mass is 441 g/mol. The highest BCUT2D eigenvalue weighted by Gasteiger charge is 2.40. The molecule has 1 aromatic rings. The Morgan fingerprint density at radius 1 is 1.25 bits per heavy atom. The fourth-order valence-corrected chi connectivity index (χ4v) is 5.15. The minimum atomic E-state index is -0.116. The number of carbonyl (C=O) groups is 1. The van der Waals surface area contributed by atoms with E-state index in [0.717, 1.165) is 64.8 Å². The normalized spacial score (nSPS) is 26.9. The number of hydrogen-bond acceptors (Lipinski definition) is 7. The molecular weight excluding hydrogens is 406 g/mol. The number of nitriles is 1. The van der Waals surface area contributed by atoms with Crippen LogP contribution in [0.25, 0.3) is 0 Å². The zero-order valence-corrected chi connectivity index (χ0v) is 18.7. The quantitative estimate of drug-likeness (QED) is 0.598. The molecule has 8 heteroatoms. The Balaban J connectivity index is 1.19. The minimum Gasteiger partial charge on any atom is -0.492 e. The average molecular weight is 442 g/mol. The van der Waals surface area contributed by atoms with Gasteiger partial charge in [0.2, 0.25) is 5.91 Å². The van der Waals surface area contributed by atoms with Gasteiger partial charge in [-0.2, -0.15) is 5.26 Å². The second-order valence-corrected chi connectivity index (χ2v) is 9.20. The van der Waals surface area contributed by atoms with Gasteiger partial charge in [-0.1, -0.05) is 12.1 Å². The number of carbonyl (C=O) groups excluding carboxylic acids is 1. The molecule has 2 bridgehead atoms. The number of hydrogen-bond donors (Lipinski definition) is 2. The molecular formula is C24H35N5O3. The van der Waals surface area contributed by atoms with E-state index in [1.165, 1.54) is 0 Å². The third kappa shape index (κ3) is 5.99. The molecule has 3 fully saturated rings. The molecule has 4 atom stereocenters. The van der Waals surface area contributed by atoms with E-state index in [0.29, 0.717) is 36.5 Å². The van der Waals surface area contributed by atoms with Crippen LogP contribution < -0.4 is 15.8 Å². The molecule has 0 aliphatic carbocycles. The summed E-state index contributed by atoms with van der Waals surface area (Å²) in [5.74, 6) is 0.684. The highest BCUT2D eigenvalue weighted by atomic mass is 16.5. The summed E-state index contributed by atoms with van der Waals surface area (Å²) in [6, 6.07) is 10.4. The number of benzene rings is 1. The zero-order valence-electron chi connectivity index (χ0n) is 18.7. The number of ether oxygens (including phenoxy) is 2. The molecule has 1 amide bonds. The molecule has 3 heterocycles. The number of amides is 1. The van der Waals surface area contributed by atoms with Gasteiger partial charge in [-0.25, -0.2) is 0 Å². The summed E-state index contributed by atoms with van der Waals surface area (Å²) in [6.07, 6.45) is 6.05. The number of nitrogens with one attached hydrogen (secondary N) is 1. The SMILES string of the molecule is N#Cc1ccccc1OCCC(N)CN1C2CCC1CN(CC(=O)NC1CCCCO1)C2. The fourth-order valence-electron chi connectivity index (χ4n) is 5.15. The first-order chi connectivity index (χ1) is 15.6. The molecule has 0 radical (unpaired) electrons. The van der Waals surface area contributed by atoms with Gasteiger partial charge in [0, 0.05) is 44.4 Å². The zero-order chi connectivity index (χ0) is 22.3. The fraction of sp³-hybridized carbons (Fsp3) is 0.667. The summed E-state index contributed by atoms with van der Waals surface area (Å²) in [5, 5.41) is 12.2. The first-order valence-corrected chi connectivity index (χ1v) is 11.9. The Kier molecular flexibility index (Phi) is 7.98. The summed E-state index contributed by atoms with van der Waals surface area (Å²) >= 11 is 0. The Labute approximate surface area is 190 Å². The van der Waals surface area contributed by atoms with E-state index in [2.05, 4.69) is 21.2 Å². The maximum Gasteiger partial charge on any atom is 0.236 e. The van der Waals surface area contributed by atoms with Crippen LogP contribution in [0.15, 0.2) is 24.3 Å². The summed E-state index contributed by atoms with van der Waals surface area (Å²) in [5.41, 5.74) is 6.98. The van der Waals surface area contributed by atoms with Gasteiger partial charge in [0.15, 0.2) is 0 Å². The van der Waals surface area contributed by atoms with E-state index in [4.69, 9.17) is 15.2 Å². The topological polar surface area (TPSA) is 104 Å². The summed E-state index contributed by atoms with van der Waals surface area (Å²) in [7, 11) is 0. The molecule has 3 saturated heterocycles. The van der Waals surface area contributed by atoms with Crippen molar-refractivity contribution in [2.45, 2.75) is 62.9 Å². The van der Waals surface area contributed by atoms with Crippen molar-refractivity contribution in [3.8, 4) is 11.8 Å². The lowest BCUT2D eigenvalue weighted by atomic mass is 10.1. The molecule has 4 unspecified atom stereocenters. The first kappa shape index (κ1) is 23.0. The standard InChI is InChI=1S/C24H35N5O3/c25-13-18-5-1-2-6-22(18)31-12-10-19(26)14-29-20-8-9-21(29)16-28(15-20)17-23(30)27-24-7-3-4-11-32-24/h1-2,5-6,19-21,24H,3-4,7-12,14-17,26H2,(H,27,30). The van der Waals surface area contributed by atoms with Crippen molar-refractivity contribution >= 4 is 5.91 Å². The third-order valence-electron chi connectivity index (χ3n) is 6.78. The predicted molar refractivity (Wildman–Crippen MR) is 121 cm³/mol. The van der Waals surface area contributed by atoms with Gasteiger partial charge < -0.3 is 20.5 Å². The van der Waals surface area contributed by atoms with Crippen LogP contribution in [0.1, 0.15) is 44.1 Å². The Morgan fingerprint density at radius 2 is 2.03 bits per heavy atom. The van der Waals surface area contributed by atoms with E-state index < -0.39 is 0 Å². The van der Waals surface area contributed by atoms with Crippen molar-refractivity contribution in [1.82, 2.24) is 15.1 Å². The van der Waals surface area contributed by atoms with Gasteiger partial charge in [0.25, 0.3) is 0 Å².